The predicted octanol–water partition coefficient (Wildman–Crippen LogP) is 3.10. The van der Waals surface area contributed by atoms with Gasteiger partial charge in [0.2, 0.25) is 0 Å². The van der Waals surface area contributed by atoms with Crippen LogP contribution in [-0.4, -0.2) is 0 Å². The summed E-state index contributed by atoms with van der Waals surface area (Å²) in [5, 5.41) is 2.11. The fourth-order valence-corrected chi connectivity index (χ4v) is 2.27. The van der Waals surface area contributed by atoms with Gasteiger partial charge in [0.15, 0.2) is 0 Å². The lowest BCUT2D eigenvalue weighted by Gasteiger charge is -2.26. The monoisotopic (exact) mass is 183 g/mol. The Morgan fingerprint density at radius 1 is 1.42 bits per heavy atom. The first kappa shape index (κ1) is 9.75. The Labute approximate surface area is 78.6 Å². The molecule has 0 aliphatic carbocycles. The average molecular weight is 183 g/mol. The van der Waals surface area contributed by atoms with E-state index in [0.717, 1.165) is 0 Å². The lowest BCUT2D eigenvalue weighted by atomic mass is 9.85. The predicted molar refractivity (Wildman–Crippen MR) is 55.4 cm³/mol. The fraction of sp³-hybridized carbons (Fsp3) is 0.600. The van der Waals surface area contributed by atoms with E-state index >= 15 is 0 Å². The van der Waals surface area contributed by atoms with Crippen molar-refractivity contribution >= 4 is 11.3 Å². The molecule has 0 fully saturated rings. The molecular weight excluding hydrogens is 166 g/mol. The van der Waals surface area contributed by atoms with E-state index in [9.17, 15) is 0 Å². The van der Waals surface area contributed by atoms with Crippen LogP contribution in [0.2, 0.25) is 0 Å². The first-order valence-corrected chi connectivity index (χ1v) is 5.10. The summed E-state index contributed by atoms with van der Waals surface area (Å²) in [4.78, 5) is 1.32. The van der Waals surface area contributed by atoms with Crippen molar-refractivity contribution in [2.45, 2.75) is 33.7 Å². The van der Waals surface area contributed by atoms with Crippen LogP contribution in [0.15, 0.2) is 11.4 Å². The third-order valence-corrected chi connectivity index (χ3v) is 3.22. The van der Waals surface area contributed by atoms with Crippen LogP contribution >= 0.6 is 11.3 Å². The van der Waals surface area contributed by atoms with Crippen LogP contribution in [0.5, 0.6) is 0 Å². The van der Waals surface area contributed by atoms with Crippen molar-refractivity contribution < 1.29 is 0 Å². The summed E-state index contributed by atoms with van der Waals surface area (Å²) in [5.41, 5.74) is 7.61. The highest BCUT2D eigenvalue weighted by Gasteiger charge is 2.24. The van der Waals surface area contributed by atoms with E-state index in [4.69, 9.17) is 5.73 Å². The number of nitrogens with two attached hydrogens (primary N) is 1. The largest absolute Gasteiger partial charge is 0.323 e. The molecule has 0 aromatic carbocycles. The van der Waals surface area contributed by atoms with Crippen molar-refractivity contribution in [2.24, 2.45) is 11.1 Å². The minimum absolute atomic E-state index is 0.162. The maximum Gasteiger partial charge on any atom is 0.0441 e. The maximum absolute atomic E-state index is 6.13. The zero-order valence-corrected chi connectivity index (χ0v) is 9.03. The lowest BCUT2D eigenvalue weighted by molar-refractivity contribution is 0.330. The van der Waals surface area contributed by atoms with E-state index in [1.807, 2.05) is 0 Å². The van der Waals surface area contributed by atoms with Crippen LogP contribution < -0.4 is 5.73 Å². The van der Waals surface area contributed by atoms with Crippen molar-refractivity contribution in [3.63, 3.8) is 0 Å². The van der Waals surface area contributed by atoms with Gasteiger partial charge in [0, 0.05) is 10.9 Å². The van der Waals surface area contributed by atoms with Gasteiger partial charge in [-0.25, -0.2) is 0 Å². The molecule has 0 saturated carbocycles. The molecule has 0 spiro atoms. The molecule has 1 aromatic heterocycles. The van der Waals surface area contributed by atoms with E-state index in [1.165, 1.54) is 10.4 Å². The zero-order valence-electron chi connectivity index (χ0n) is 8.22. The third-order valence-electron chi connectivity index (χ3n) is 2.12. The zero-order chi connectivity index (χ0) is 9.35. The van der Waals surface area contributed by atoms with Crippen LogP contribution in [0.3, 0.4) is 0 Å². The second-order valence-electron chi connectivity index (χ2n) is 4.31. The summed E-state index contributed by atoms with van der Waals surface area (Å²) in [6, 6.07) is 2.29. The Kier molecular flexibility index (Phi) is 2.59. The summed E-state index contributed by atoms with van der Waals surface area (Å²) in [6.45, 7) is 8.65. The Hall–Kier alpha value is -0.340. The molecule has 0 aliphatic heterocycles. The molecule has 1 aromatic rings. The van der Waals surface area contributed by atoms with E-state index in [0.29, 0.717) is 0 Å². The van der Waals surface area contributed by atoms with E-state index in [2.05, 4.69) is 39.1 Å². The molecule has 2 heteroatoms. The molecule has 1 atom stereocenters. The summed E-state index contributed by atoms with van der Waals surface area (Å²) < 4.78 is 0. The highest BCUT2D eigenvalue weighted by molar-refractivity contribution is 7.10. The van der Waals surface area contributed by atoms with Gasteiger partial charge >= 0.3 is 0 Å². The normalized spacial score (nSPS) is 14.8. The smallest absolute Gasteiger partial charge is 0.0441 e. The molecule has 0 unspecified atom stereocenters. The SMILES string of the molecule is Cc1ccsc1[C@@H](N)C(C)(C)C. The molecule has 1 nitrogen and oxygen atoms in total. The van der Waals surface area contributed by atoms with Crippen LogP contribution in [0.4, 0.5) is 0 Å². The summed E-state index contributed by atoms with van der Waals surface area (Å²) >= 11 is 1.76. The standard InChI is InChI=1S/C10H17NS/c1-7-5-6-12-8(7)9(11)10(2,3)4/h5-6,9H,11H2,1-4H3/t9-/m1/s1. The minimum atomic E-state index is 0.162. The van der Waals surface area contributed by atoms with Crippen molar-refractivity contribution in [2.75, 3.05) is 0 Å². The maximum atomic E-state index is 6.13. The van der Waals surface area contributed by atoms with Crippen molar-refractivity contribution in [1.29, 1.82) is 0 Å². The quantitative estimate of drug-likeness (QED) is 0.711. The van der Waals surface area contributed by atoms with Gasteiger partial charge in [-0.15, -0.1) is 11.3 Å². The van der Waals surface area contributed by atoms with Crippen LogP contribution in [0.1, 0.15) is 37.3 Å². The molecule has 0 saturated heterocycles. The van der Waals surface area contributed by atoms with Gasteiger partial charge in [-0.3, -0.25) is 0 Å². The van der Waals surface area contributed by atoms with Gasteiger partial charge < -0.3 is 5.73 Å². The third kappa shape index (κ3) is 1.87. The Morgan fingerprint density at radius 3 is 2.33 bits per heavy atom. The first-order chi connectivity index (χ1) is 5.43. The minimum Gasteiger partial charge on any atom is -0.323 e. The molecule has 0 radical (unpaired) electrons. The molecule has 0 aliphatic rings. The van der Waals surface area contributed by atoms with E-state index < -0.39 is 0 Å². The summed E-state index contributed by atoms with van der Waals surface area (Å²) in [6.07, 6.45) is 0. The van der Waals surface area contributed by atoms with Crippen molar-refractivity contribution in [1.82, 2.24) is 0 Å². The molecule has 68 valence electrons. The van der Waals surface area contributed by atoms with Gasteiger partial charge in [-0.1, -0.05) is 20.8 Å². The second kappa shape index (κ2) is 3.19. The Morgan fingerprint density at radius 2 is 2.00 bits per heavy atom. The number of thiophene rings is 1. The second-order valence-corrected chi connectivity index (χ2v) is 5.26. The van der Waals surface area contributed by atoms with Crippen LogP contribution in [-0.2, 0) is 0 Å². The molecule has 2 N–H and O–H groups in total. The summed E-state index contributed by atoms with van der Waals surface area (Å²) in [5.74, 6) is 0. The topological polar surface area (TPSA) is 26.0 Å². The molecular formula is C10H17NS. The van der Waals surface area contributed by atoms with E-state index in [1.54, 1.807) is 11.3 Å². The number of rotatable bonds is 1. The molecule has 1 heterocycles. The van der Waals surface area contributed by atoms with Gasteiger partial charge in [0.05, 0.1) is 0 Å². The molecule has 1 rings (SSSR count). The fourth-order valence-electron chi connectivity index (χ4n) is 1.10. The highest BCUT2D eigenvalue weighted by atomic mass is 32.1. The molecule has 12 heavy (non-hydrogen) atoms. The van der Waals surface area contributed by atoms with Gasteiger partial charge in [-0.2, -0.15) is 0 Å². The molecule has 0 amide bonds. The van der Waals surface area contributed by atoms with Crippen LogP contribution in [0, 0.1) is 12.3 Å². The Balaban J connectivity index is 2.92. The van der Waals surface area contributed by atoms with E-state index in [-0.39, 0.29) is 11.5 Å². The van der Waals surface area contributed by atoms with Gasteiger partial charge in [-0.05, 0) is 29.3 Å². The van der Waals surface area contributed by atoms with Gasteiger partial charge in [0.25, 0.3) is 0 Å². The Bertz CT molecular complexity index is 257. The highest BCUT2D eigenvalue weighted by Crippen LogP contribution is 2.34. The van der Waals surface area contributed by atoms with Crippen LogP contribution in [0.25, 0.3) is 0 Å². The van der Waals surface area contributed by atoms with Gasteiger partial charge in [0.1, 0.15) is 0 Å². The number of hydrogen-bond acceptors (Lipinski definition) is 2. The summed E-state index contributed by atoms with van der Waals surface area (Å²) in [7, 11) is 0. The number of aryl methyl sites for hydroxylation is 1. The number of hydrogen-bond donors (Lipinski definition) is 1. The lowest BCUT2D eigenvalue weighted by Crippen LogP contribution is -2.25. The average Bonchev–Trinajstić information content (AvgIpc) is 2.31. The molecule has 0 bridgehead atoms. The van der Waals surface area contributed by atoms with Crippen molar-refractivity contribution in [3.8, 4) is 0 Å². The van der Waals surface area contributed by atoms with Crippen molar-refractivity contribution in [3.05, 3.63) is 21.9 Å². The first-order valence-electron chi connectivity index (χ1n) is 4.22.